The Morgan fingerprint density at radius 2 is 1.41 bits per heavy atom. The van der Waals surface area contributed by atoms with Gasteiger partial charge in [0.1, 0.15) is 0 Å². The van der Waals surface area contributed by atoms with Crippen LogP contribution in [-0.2, 0) is 14.8 Å². The second kappa shape index (κ2) is 6.17. The molecule has 1 aromatic heterocycles. The van der Waals surface area contributed by atoms with Crippen molar-refractivity contribution in [1.29, 1.82) is 0 Å². The maximum Gasteiger partial charge on any atom is 0.268 e. The van der Waals surface area contributed by atoms with Crippen molar-refractivity contribution in [2.45, 2.75) is 11.8 Å². The zero-order chi connectivity index (χ0) is 19.2. The van der Waals surface area contributed by atoms with Crippen molar-refractivity contribution in [3.63, 3.8) is 0 Å². The SMILES string of the molecule is CC1=Cc2c(c(-c3ccccc3)cn2S(=O)(=O)c2ccccc2)C(=O)C1=O. The zero-order valence-electron chi connectivity index (χ0n) is 14.4. The van der Waals surface area contributed by atoms with Crippen LogP contribution in [0.2, 0.25) is 0 Å². The number of aromatic nitrogens is 1. The van der Waals surface area contributed by atoms with Gasteiger partial charge in [0.15, 0.2) is 0 Å². The molecule has 0 bridgehead atoms. The summed E-state index contributed by atoms with van der Waals surface area (Å²) >= 11 is 0. The van der Waals surface area contributed by atoms with E-state index in [2.05, 4.69) is 0 Å². The van der Waals surface area contributed by atoms with Crippen molar-refractivity contribution in [3.8, 4) is 11.1 Å². The lowest BCUT2D eigenvalue weighted by molar-refractivity contribution is -0.111. The maximum absolute atomic E-state index is 13.2. The van der Waals surface area contributed by atoms with Gasteiger partial charge in [0.2, 0.25) is 11.6 Å². The van der Waals surface area contributed by atoms with Crippen molar-refractivity contribution in [2.24, 2.45) is 0 Å². The molecule has 0 amide bonds. The fourth-order valence-corrected chi connectivity index (χ4v) is 4.55. The molecule has 134 valence electrons. The Hall–Kier alpha value is -3.25. The highest BCUT2D eigenvalue weighted by Gasteiger charge is 2.34. The van der Waals surface area contributed by atoms with Gasteiger partial charge in [-0.25, -0.2) is 12.4 Å². The first-order valence-corrected chi connectivity index (χ1v) is 9.74. The van der Waals surface area contributed by atoms with E-state index in [1.54, 1.807) is 42.5 Å². The van der Waals surface area contributed by atoms with Crippen LogP contribution in [0.3, 0.4) is 0 Å². The molecule has 1 aliphatic rings. The van der Waals surface area contributed by atoms with Crippen LogP contribution in [0.4, 0.5) is 0 Å². The Morgan fingerprint density at radius 1 is 0.815 bits per heavy atom. The third-order valence-electron chi connectivity index (χ3n) is 4.54. The predicted molar refractivity (Wildman–Crippen MR) is 102 cm³/mol. The molecule has 0 aliphatic heterocycles. The number of carbonyl (C=O) groups is 2. The molecule has 1 aliphatic carbocycles. The molecule has 0 unspecified atom stereocenters. The minimum Gasteiger partial charge on any atom is -0.285 e. The van der Waals surface area contributed by atoms with Crippen LogP contribution >= 0.6 is 0 Å². The van der Waals surface area contributed by atoms with Gasteiger partial charge in [0.05, 0.1) is 16.2 Å². The Morgan fingerprint density at radius 3 is 2.04 bits per heavy atom. The van der Waals surface area contributed by atoms with Gasteiger partial charge in [0.25, 0.3) is 10.0 Å². The molecule has 1 heterocycles. The Bertz CT molecular complexity index is 1200. The minimum absolute atomic E-state index is 0.109. The molecule has 6 heteroatoms. The van der Waals surface area contributed by atoms with Crippen LogP contribution in [-0.4, -0.2) is 24.0 Å². The van der Waals surface area contributed by atoms with Crippen molar-refractivity contribution < 1.29 is 18.0 Å². The topological polar surface area (TPSA) is 73.2 Å². The molecule has 0 saturated heterocycles. The summed E-state index contributed by atoms with van der Waals surface area (Å²) in [5, 5.41) is 0. The normalized spacial score (nSPS) is 14.0. The number of fused-ring (bicyclic) bond motifs is 1. The van der Waals surface area contributed by atoms with Crippen LogP contribution < -0.4 is 0 Å². The number of rotatable bonds is 3. The van der Waals surface area contributed by atoms with Crippen molar-refractivity contribution >= 4 is 27.7 Å². The van der Waals surface area contributed by atoms with Crippen molar-refractivity contribution in [2.75, 3.05) is 0 Å². The summed E-state index contributed by atoms with van der Waals surface area (Å²) in [5.41, 5.74) is 1.64. The van der Waals surface area contributed by atoms with Crippen LogP contribution in [0.1, 0.15) is 23.0 Å². The lowest BCUT2D eigenvalue weighted by Crippen LogP contribution is -2.22. The van der Waals surface area contributed by atoms with Gasteiger partial charge in [-0.05, 0) is 30.7 Å². The van der Waals surface area contributed by atoms with E-state index in [1.165, 1.54) is 31.3 Å². The van der Waals surface area contributed by atoms with Gasteiger partial charge < -0.3 is 0 Å². The summed E-state index contributed by atoms with van der Waals surface area (Å²) < 4.78 is 27.5. The van der Waals surface area contributed by atoms with E-state index in [9.17, 15) is 18.0 Å². The Balaban J connectivity index is 2.05. The van der Waals surface area contributed by atoms with E-state index in [0.717, 1.165) is 3.97 Å². The van der Waals surface area contributed by atoms with E-state index in [0.29, 0.717) is 11.1 Å². The third kappa shape index (κ3) is 2.65. The average molecular weight is 377 g/mol. The number of carbonyl (C=O) groups excluding carboxylic acids is 2. The lowest BCUT2D eigenvalue weighted by Gasteiger charge is -2.13. The van der Waals surface area contributed by atoms with Gasteiger partial charge in [-0.1, -0.05) is 48.5 Å². The van der Waals surface area contributed by atoms with Gasteiger partial charge >= 0.3 is 0 Å². The molecule has 5 nitrogen and oxygen atoms in total. The molecular weight excluding hydrogens is 362 g/mol. The first-order chi connectivity index (χ1) is 12.9. The van der Waals surface area contributed by atoms with Crippen LogP contribution in [0.15, 0.2) is 77.3 Å². The average Bonchev–Trinajstić information content (AvgIpc) is 3.08. The number of nitrogens with zero attached hydrogens (tertiary/aromatic N) is 1. The zero-order valence-corrected chi connectivity index (χ0v) is 15.2. The van der Waals surface area contributed by atoms with Crippen molar-refractivity contribution in [1.82, 2.24) is 3.97 Å². The van der Waals surface area contributed by atoms with Crippen LogP contribution in [0.25, 0.3) is 17.2 Å². The molecular formula is C21H15NO4S. The van der Waals surface area contributed by atoms with Gasteiger partial charge in [-0.15, -0.1) is 0 Å². The van der Waals surface area contributed by atoms with E-state index < -0.39 is 21.6 Å². The molecule has 0 fully saturated rings. The molecule has 0 N–H and O–H groups in total. The standard InChI is InChI=1S/C21H15NO4S/c1-14-12-18-19(21(24)20(14)23)17(15-8-4-2-5-9-15)13-22(18)27(25,26)16-10-6-3-7-11-16/h2-13H,1H3. The van der Waals surface area contributed by atoms with Crippen molar-refractivity contribution in [3.05, 3.63) is 83.7 Å². The molecule has 0 radical (unpaired) electrons. The first kappa shape index (κ1) is 17.2. The number of hydrogen-bond donors (Lipinski definition) is 0. The summed E-state index contributed by atoms with van der Waals surface area (Å²) in [6.45, 7) is 1.51. The largest absolute Gasteiger partial charge is 0.285 e. The summed E-state index contributed by atoms with van der Waals surface area (Å²) in [6.07, 6.45) is 2.88. The van der Waals surface area contributed by atoms with Crippen LogP contribution in [0, 0.1) is 0 Å². The monoisotopic (exact) mass is 377 g/mol. The first-order valence-electron chi connectivity index (χ1n) is 8.30. The highest BCUT2D eigenvalue weighted by Crippen LogP contribution is 2.35. The summed E-state index contributed by atoms with van der Waals surface area (Å²) in [6, 6.07) is 17.0. The number of Topliss-reactive ketones (excluding diaryl/α,β-unsaturated/α-hetero) is 2. The number of ketones is 2. The third-order valence-corrected chi connectivity index (χ3v) is 6.23. The Kier molecular flexibility index (Phi) is 3.93. The smallest absolute Gasteiger partial charge is 0.268 e. The molecule has 0 atom stereocenters. The molecule has 0 spiro atoms. The molecule has 3 aromatic rings. The fraction of sp³-hybridized carbons (Fsp3) is 0.0476. The number of benzene rings is 2. The van der Waals surface area contributed by atoms with Gasteiger partial charge in [-0.2, -0.15) is 0 Å². The highest BCUT2D eigenvalue weighted by atomic mass is 32.2. The lowest BCUT2D eigenvalue weighted by atomic mass is 9.91. The maximum atomic E-state index is 13.2. The molecule has 27 heavy (non-hydrogen) atoms. The quantitative estimate of drug-likeness (QED) is 0.654. The molecule has 0 saturated carbocycles. The van der Waals surface area contributed by atoms with E-state index in [1.807, 2.05) is 6.07 Å². The second-order valence-electron chi connectivity index (χ2n) is 6.27. The van der Waals surface area contributed by atoms with Gasteiger partial charge in [-0.3, -0.25) is 9.59 Å². The Labute approximate surface area is 156 Å². The minimum atomic E-state index is -3.92. The van der Waals surface area contributed by atoms with Gasteiger partial charge in [0, 0.05) is 17.3 Å². The van der Waals surface area contributed by atoms with E-state index >= 15 is 0 Å². The summed E-state index contributed by atoms with van der Waals surface area (Å²) in [7, 11) is -3.92. The molecule has 4 rings (SSSR count). The van der Waals surface area contributed by atoms with Crippen LogP contribution in [0.5, 0.6) is 0 Å². The predicted octanol–water partition coefficient (Wildman–Crippen LogP) is 3.56. The van der Waals surface area contributed by atoms with E-state index in [-0.39, 0.29) is 21.7 Å². The number of allylic oxidation sites excluding steroid dienone is 1. The summed E-state index contributed by atoms with van der Waals surface area (Å²) in [4.78, 5) is 25.0. The fourth-order valence-electron chi connectivity index (χ4n) is 3.18. The van der Waals surface area contributed by atoms with E-state index in [4.69, 9.17) is 0 Å². The number of hydrogen-bond acceptors (Lipinski definition) is 4. The molecule has 2 aromatic carbocycles. The summed E-state index contributed by atoms with van der Waals surface area (Å²) in [5.74, 6) is -1.31. The highest BCUT2D eigenvalue weighted by molar-refractivity contribution is 7.90. The second-order valence-corrected chi connectivity index (χ2v) is 8.08.